The van der Waals surface area contributed by atoms with Crippen LogP contribution in [0.15, 0.2) is 33.5 Å². The fraction of sp³-hybridized carbons (Fsp3) is 0.412. The van der Waals surface area contributed by atoms with Gasteiger partial charge in [-0.05, 0) is 60.3 Å². The standard InChI is InChI=1S/C17H17BrF3N3O2/c1-10-4-2-3-7-24(10)15-12(8-11(9-22-15)17(19,20)21)23-16(25)13-5-6-14(18)26-13/h5-6,8-10H,2-4,7H2,1H3,(H,23,25). The molecule has 0 bridgehead atoms. The van der Waals surface area contributed by atoms with Crippen LogP contribution in [0, 0.1) is 0 Å². The van der Waals surface area contributed by atoms with Crippen LogP contribution in [0.3, 0.4) is 0 Å². The maximum atomic E-state index is 13.1. The summed E-state index contributed by atoms with van der Waals surface area (Å²) in [5, 5.41) is 2.51. The summed E-state index contributed by atoms with van der Waals surface area (Å²) >= 11 is 3.09. The van der Waals surface area contributed by atoms with Crippen molar-refractivity contribution in [2.75, 3.05) is 16.8 Å². The minimum absolute atomic E-state index is 0.00747. The lowest BCUT2D eigenvalue weighted by atomic mass is 10.0. The second-order valence-electron chi connectivity index (χ2n) is 6.19. The molecule has 1 aliphatic heterocycles. The molecule has 1 saturated heterocycles. The molecule has 0 radical (unpaired) electrons. The summed E-state index contributed by atoms with van der Waals surface area (Å²) in [6, 6.07) is 4.01. The Morgan fingerprint density at radius 2 is 2.15 bits per heavy atom. The third-order valence-corrected chi connectivity index (χ3v) is 4.74. The zero-order valence-corrected chi connectivity index (χ0v) is 15.5. The van der Waals surface area contributed by atoms with Crippen LogP contribution in [-0.2, 0) is 6.18 Å². The molecule has 2 aromatic rings. The second kappa shape index (κ2) is 7.30. The molecule has 1 fully saturated rings. The molecule has 3 rings (SSSR count). The monoisotopic (exact) mass is 431 g/mol. The molecular weight excluding hydrogens is 415 g/mol. The number of pyridine rings is 1. The lowest BCUT2D eigenvalue weighted by Crippen LogP contribution is -2.38. The number of nitrogens with one attached hydrogen (secondary N) is 1. The molecule has 0 aliphatic carbocycles. The van der Waals surface area contributed by atoms with Crippen molar-refractivity contribution in [2.24, 2.45) is 0 Å². The Morgan fingerprint density at radius 1 is 1.38 bits per heavy atom. The number of anilines is 2. The third kappa shape index (κ3) is 4.03. The Balaban J connectivity index is 1.97. The van der Waals surface area contributed by atoms with E-state index in [1.807, 2.05) is 11.8 Å². The van der Waals surface area contributed by atoms with E-state index in [-0.39, 0.29) is 17.5 Å². The van der Waals surface area contributed by atoms with Crippen molar-refractivity contribution in [3.05, 3.63) is 40.4 Å². The number of nitrogens with zero attached hydrogens (tertiary/aromatic N) is 2. The van der Waals surface area contributed by atoms with Gasteiger partial charge in [0.15, 0.2) is 16.2 Å². The van der Waals surface area contributed by atoms with Crippen molar-refractivity contribution < 1.29 is 22.4 Å². The maximum absolute atomic E-state index is 13.1. The van der Waals surface area contributed by atoms with Crippen molar-refractivity contribution >= 4 is 33.3 Å². The molecule has 2 aromatic heterocycles. The molecule has 9 heteroatoms. The van der Waals surface area contributed by atoms with Gasteiger partial charge in [-0.1, -0.05) is 0 Å². The molecule has 1 amide bonds. The number of carbonyl (C=O) groups is 1. The highest BCUT2D eigenvalue weighted by Crippen LogP contribution is 2.36. The summed E-state index contributed by atoms with van der Waals surface area (Å²) in [6.07, 6.45) is -0.852. The highest BCUT2D eigenvalue weighted by Gasteiger charge is 2.33. The quantitative estimate of drug-likeness (QED) is 0.735. The average Bonchev–Trinajstić information content (AvgIpc) is 3.01. The summed E-state index contributed by atoms with van der Waals surface area (Å²) in [4.78, 5) is 18.3. The Morgan fingerprint density at radius 3 is 2.77 bits per heavy atom. The molecule has 1 N–H and O–H groups in total. The van der Waals surface area contributed by atoms with Crippen LogP contribution >= 0.6 is 15.9 Å². The van der Waals surface area contributed by atoms with Gasteiger partial charge in [0.1, 0.15) is 0 Å². The lowest BCUT2D eigenvalue weighted by Gasteiger charge is -2.35. The number of amides is 1. The molecule has 3 heterocycles. The molecule has 26 heavy (non-hydrogen) atoms. The van der Waals surface area contributed by atoms with Crippen molar-refractivity contribution in [1.29, 1.82) is 0 Å². The van der Waals surface area contributed by atoms with Crippen LogP contribution in [0.1, 0.15) is 42.3 Å². The molecule has 5 nitrogen and oxygen atoms in total. The normalized spacial score (nSPS) is 18.0. The van der Waals surface area contributed by atoms with Gasteiger partial charge in [-0.15, -0.1) is 0 Å². The van der Waals surface area contributed by atoms with Crippen molar-refractivity contribution in [1.82, 2.24) is 4.98 Å². The molecule has 0 spiro atoms. The molecule has 1 atom stereocenters. The number of halogens is 4. The van der Waals surface area contributed by atoms with Crippen LogP contribution in [0.4, 0.5) is 24.7 Å². The predicted octanol–water partition coefficient (Wildman–Crippen LogP) is 5.09. The Hall–Kier alpha value is -2.03. The van der Waals surface area contributed by atoms with Gasteiger partial charge >= 0.3 is 6.18 Å². The number of hydrogen-bond acceptors (Lipinski definition) is 4. The van der Waals surface area contributed by atoms with Crippen molar-refractivity contribution in [3.63, 3.8) is 0 Å². The number of carbonyl (C=O) groups excluding carboxylic acids is 1. The highest BCUT2D eigenvalue weighted by atomic mass is 79.9. The first-order valence-electron chi connectivity index (χ1n) is 8.16. The van der Waals surface area contributed by atoms with E-state index < -0.39 is 17.6 Å². The van der Waals surface area contributed by atoms with Gasteiger partial charge < -0.3 is 14.6 Å². The van der Waals surface area contributed by atoms with E-state index in [1.165, 1.54) is 12.1 Å². The molecule has 0 aromatic carbocycles. The van der Waals surface area contributed by atoms with E-state index >= 15 is 0 Å². The first kappa shape index (κ1) is 18.8. The number of rotatable bonds is 3. The fourth-order valence-electron chi connectivity index (χ4n) is 2.97. The second-order valence-corrected chi connectivity index (χ2v) is 6.97. The minimum Gasteiger partial charge on any atom is -0.444 e. The Bertz CT molecular complexity index is 807. The van der Waals surface area contributed by atoms with Gasteiger partial charge in [-0.2, -0.15) is 13.2 Å². The topological polar surface area (TPSA) is 58.4 Å². The zero-order chi connectivity index (χ0) is 18.9. The number of alkyl halides is 3. The van der Waals surface area contributed by atoms with Crippen LogP contribution in [0.25, 0.3) is 0 Å². The van der Waals surface area contributed by atoms with Crippen LogP contribution < -0.4 is 10.2 Å². The van der Waals surface area contributed by atoms with Gasteiger partial charge in [-0.25, -0.2) is 4.98 Å². The molecule has 1 aliphatic rings. The number of hydrogen-bond donors (Lipinski definition) is 1. The Kier molecular flexibility index (Phi) is 5.27. The summed E-state index contributed by atoms with van der Waals surface area (Å²) < 4.78 is 44.8. The van der Waals surface area contributed by atoms with Crippen LogP contribution in [-0.4, -0.2) is 23.5 Å². The summed E-state index contributed by atoms with van der Waals surface area (Å²) in [5.74, 6) is -0.307. The zero-order valence-electron chi connectivity index (χ0n) is 13.9. The first-order valence-corrected chi connectivity index (χ1v) is 8.95. The lowest BCUT2D eigenvalue weighted by molar-refractivity contribution is -0.137. The van der Waals surface area contributed by atoms with E-state index in [1.54, 1.807) is 0 Å². The van der Waals surface area contributed by atoms with E-state index in [4.69, 9.17) is 4.42 Å². The van der Waals surface area contributed by atoms with E-state index in [0.717, 1.165) is 31.5 Å². The van der Waals surface area contributed by atoms with Gasteiger partial charge in [0, 0.05) is 18.8 Å². The first-order chi connectivity index (χ1) is 12.3. The van der Waals surface area contributed by atoms with Crippen molar-refractivity contribution in [2.45, 2.75) is 38.4 Å². The van der Waals surface area contributed by atoms with E-state index in [0.29, 0.717) is 17.0 Å². The van der Waals surface area contributed by atoms with Gasteiger partial charge in [-0.3, -0.25) is 4.79 Å². The smallest absolute Gasteiger partial charge is 0.417 e. The van der Waals surface area contributed by atoms with Gasteiger partial charge in [0.25, 0.3) is 5.91 Å². The molecular formula is C17H17BrF3N3O2. The van der Waals surface area contributed by atoms with Crippen LogP contribution in [0.5, 0.6) is 0 Å². The number of furan rings is 1. The number of piperidine rings is 1. The summed E-state index contributed by atoms with van der Waals surface area (Å²) in [5.41, 5.74) is -0.895. The van der Waals surface area contributed by atoms with E-state index in [9.17, 15) is 18.0 Å². The van der Waals surface area contributed by atoms with Gasteiger partial charge in [0.05, 0.1) is 11.3 Å². The fourth-order valence-corrected chi connectivity index (χ4v) is 3.27. The molecule has 0 saturated carbocycles. The van der Waals surface area contributed by atoms with Crippen LogP contribution in [0.2, 0.25) is 0 Å². The van der Waals surface area contributed by atoms with E-state index in [2.05, 4.69) is 26.2 Å². The third-order valence-electron chi connectivity index (χ3n) is 4.31. The van der Waals surface area contributed by atoms with Crippen molar-refractivity contribution in [3.8, 4) is 0 Å². The predicted molar refractivity (Wildman–Crippen MR) is 94.3 cm³/mol. The minimum atomic E-state index is -4.55. The largest absolute Gasteiger partial charge is 0.444 e. The summed E-state index contributed by atoms with van der Waals surface area (Å²) in [7, 11) is 0. The number of aromatic nitrogens is 1. The molecule has 140 valence electrons. The Labute approximate surface area is 156 Å². The average molecular weight is 432 g/mol. The SMILES string of the molecule is CC1CCCCN1c1ncc(C(F)(F)F)cc1NC(=O)c1ccc(Br)o1. The van der Waals surface area contributed by atoms with Gasteiger partial charge in [0.2, 0.25) is 0 Å². The highest BCUT2D eigenvalue weighted by molar-refractivity contribution is 9.10. The summed E-state index contributed by atoms with van der Waals surface area (Å²) in [6.45, 7) is 2.67. The molecule has 1 unspecified atom stereocenters. The maximum Gasteiger partial charge on any atom is 0.417 e.